The lowest BCUT2D eigenvalue weighted by Crippen LogP contribution is -2.57. The lowest BCUT2D eigenvalue weighted by atomic mass is 9.89. The van der Waals surface area contributed by atoms with Crippen LogP contribution in [0.4, 0.5) is 4.79 Å². The molecule has 0 radical (unpaired) electrons. The number of carbonyl (C=O) groups excluding carboxylic acids is 1. The van der Waals surface area contributed by atoms with Gasteiger partial charge < -0.3 is 9.84 Å². The van der Waals surface area contributed by atoms with Crippen molar-refractivity contribution in [2.75, 3.05) is 13.1 Å². The Balaban J connectivity index is 2.50. The van der Waals surface area contributed by atoms with E-state index in [0.717, 1.165) is 4.31 Å². The van der Waals surface area contributed by atoms with Gasteiger partial charge in [-0.05, 0) is 19.8 Å². The predicted molar refractivity (Wildman–Crippen MR) is 65.5 cm³/mol. The Morgan fingerprint density at radius 3 is 2.26 bits per heavy atom. The van der Waals surface area contributed by atoms with E-state index >= 15 is 0 Å². The van der Waals surface area contributed by atoms with Crippen LogP contribution in [0.2, 0.25) is 0 Å². The molecule has 0 aliphatic carbocycles. The first kappa shape index (κ1) is 15.7. The van der Waals surface area contributed by atoms with Gasteiger partial charge in [0.25, 0.3) is 0 Å². The van der Waals surface area contributed by atoms with Crippen molar-refractivity contribution in [2.24, 2.45) is 11.8 Å². The van der Waals surface area contributed by atoms with Crippen LogP contribution in [-0.4, -0.2) is 49.1 Å². The average Bonchev–Trinajstić information content (AvgIpc) is 2.10. The number of nitrogens with one attached hydrogen (secondary N) is 1. The van der Waals surface area contributed by atoms with Gasteiger partial charge in [0.2, 0.25) is 0 Å². The summed E-state index contributed by atoms with van der Waals surface area (Å²) in [5.41, 5.74) is 0. The number of ether oxygens (including phenoxy) is 1. The summed E-state index contributed by atoms with van der Waals surface area (Å²) < 4.78 is 30.9. The Kier molecular flexibility index (Phi) is 4.75. The molecule has 2 N–H and O–H groups in total. The van der Waals surface area contributed by atoms with Crippen LogP contribution in [0.5, 0.6) is 0 Å². The van der Waals surface area contributed by atoms with Gasteiger partial charge in [-0.2, -0.15) is 12.7 Å². The summed E-state index contributed by atoms with van der Waals surface area (Å²) in [6.07, 6.45) is -1.46. The second-order valence-corrected chi connectivity index (χ2v) is 6.44. The SMILES string of the molecule is CC(C)OC(=O)NS(=O)(=O)N1CC(C(C)C(=O)O)C1. The maximum absolute atomic E-state index is 11.7. The van der Waals surface area contributed by atoms with E-state index in [1.165, 1.54) is 6.92 Å². The smallest absolute Gasteiger partial charge is 0.422 e. The topological polar surface area (TPSA) is 113 Å². The van der Waals surface area contributed by atoms with Crippen molar-refractivity contribution < 1.29 is 27.9 Å². The average molecular weight is 294 g/mol. The van der Waals surface area contributed by atoms with E-state index in [2.05, 4.69) is 4.74 Å². The fourth-order valence-electron chi connectivity index (χ4n) is 1.59. The Hall–Kier alpha value is -1.35. The fourth-order valence-corrected chi connectivity index (χ4v) is 2.76. The van der Waals surface area contributed by atoms with Gasteiger partial charge in [0.15, 0.2) is 0 Å². The lowest BCUT2D eigenvalue weighted by molar-refractivity contribution is -0.144. The van der Waals surface area contributed by atoms with Gasteiger partial charge in [0.1, 0.15) is 0 Å². The zero-order valence-corrected chi connectivity index (χ0v) is 11.8. The van der Waals surface area contributed by atoms with Gasteiger partial charge in [-0.15, -0.1) is 0 Å². The molecule has 19 heavy (non-hydrogen) atoms. The molecule has 0 aromatic carbocycles. The number of nitrogens with zero attached hydrogens (tertiary/aromatic N) is 1. The van der Waals surface area contributed by atoms with E-state index in [0.29, 0.717) is 0 Å². The quantitative estimate of drug-likeness (QED) is 0.739. The number of carbonyl (C=O) groups is 2. The zero-order chi connectivity index (χ0) is 14.8. The number of amides is 1. The van der Waals surface area contributed by atoms with E-state index in [1.807, 2.05) is 0 Å². The molecule has 0 aromatic rings. The first-order chi connectivity index (χ1) is 8.63. The third-order valence-electron chi connectivity index (χ3n) is 2.87. The van der Waals surface area contributed by atoms with Crippen LogP contribution in [0.3, 0.4) is 0 Å². The van der Waals surface area contributed by atoms with Crippen molar-refractivity contribution in [3.63, 3.8) is 0 Å². The van der Waals surface area contributed by atoms with Crippen LogP contribution in [0.15, 0.2) is 0 Å². The van der Waals surface area contributed by atoms with Crippen molar-refractivity contribution >= 4 is 22.3 Å². The molecule has 1 unspecified atom stereocenters. The van der Waals surface area contributed by atoms with Gasteiger partial charge in [-0.3, -0.25) is 4.79 Å². The summed E-state index contributed by atoms with van der Waals surface area (Å²) >= 11 is 0. The highest BCUT2D eigenvalue weighted by molar-refractivity contribution is 7.87. The summed E-state index contributed by atoms with van der Waals surface area (Å²) in [5.74, 6) is -1.82. The first-order valence-corrected chi connectivity index (χ1v) is 7.28. The number of hydrogen-bond acceptors (Lipinski definition) is 5. The molecule has 0 aromatic heterocycles. The Labute approximate surface area is 111 Å². The molecular weight excluding hydrogens is 276 g/mol. The van der Waals surface area contributed by atoms with Crippen LogP contribution < -0.4 is 4.72 Å². The molecule has 1 aliphatic rings. The van der Waals surface area contributed by atoms with Gasteiger partial charge >= 0.3 is 22.3 Å². The molecule has 0 bridgehead atoms. The second kappa shape index (κ2) is 5.74. The minimum Gasteiger partial charge on any atom is -0.481 e. The monoisotopic (exact) mass is 294 g/mol. The van der Waals surface area contributed by atoms with Gasteiger partial charge in [-0.1, -0.05) is 6.92 Å². The molecule has 1 fully saturated rings. The molecule has 8 nitrogen and oxygen atoms in total. The molecule has 1 heterocycles. The lowest BCUT2D eigenvalue weighted by Gasteiger charge is -2.39. The van der Waals surface area contributed by atoms with E-state index in [4.69, 9.17) is 5.11 Å². The Morgan fingerprint density at radius 2 is 1.84 bits per heavy atom. The number of carboxylic acid groups (broad SMARTS) is 1. The number of carboxylic acids is 1. The normalized spacial score (nSPS) is 18.7. The van der Waals surface area contributed by atoms with E-state index in [1.54, 1.807) is 18.6 Å². The van der Waals surface area contributed by atoms with Gasteiger partial charge in [-0.25, -0.2) is 9.52 Å². The third kappa shape index (κ3) is 4.06. The zero-order valence-electron chi connectivity index (χ0n) is 11.0. The highest BCUT2D eigenvalue weighted by Crippen LogP contribution is 2.25. The summed E-state index contributed by atoms with van der Waals surface area (Å²) in [4.78, 5) is 21.9. The van der Waals surface area contributed by atoms with Crippen molar-refractivity contribution in [1.82, 2.24) is 9.03 Å². The maximum Gasteiger partial charge on any atom is 0.422 e. The summed E-state index contributed by atoms with van der Waals surface area (Å²) in [5, 5.41) is 8.79. The van der Waals surface area contributed by atoms with E-state index < -0.39 is 34.3 Å². The Bertz CT molecular complexity index is 455. The van der Waals surface area contributed by atoms with Crippen LogP contribution >= 0.6 is 0 Å². The maximum atomic E-state index is 11.7. The molecule has 110 valence electrons. The van der Waals surface area contributed by atoms with E-state index in [-0.39, 0.29) is 19.0 Å². The van der Waals surface area contributed by atoms with Crippen LogP contribution in [0.25, 0.3) is 0 Å². The third-order valence-corrected chi connectivity index (χ3v) is 4.27. The van der Waals surface area contributed by atoms with E-state index in [9.17, 15) is 18.0 Å². The van der Waals surface area contributed by atoms with Crippen LogP contribution in [-0.2, 0) is 19.7 Å². The highest BCUT2D eigenvalue weighted by Gasteiger charge is 2.41. The molecular formula is C10H18N2O6S. The molecule has 1 saturated heterocycles. The molecule has 1 amide bonds. The summed E-state index contributed by atoms with van der Waals surface area (Å²) in [6, 6.07) is 0. The van der Waals surface area contributed by atoms with Crippen molar-refractivity contribution in [3.8, 4) is 0 Å². The number of rotatable bonds is 5. The largest absolute Gasteiger partial charge is 0.481 e. The minimum atomic E-state index is -3.94. The first-order valence-electron chi connectivity index (χ1n) is 5.84. The number of hydrogen-bond donors (Lipinski definition) is 2. The Morgan fingerprint density at radius 1 is 1.32 bits per heavy atom. The van der Waals surface area contributed by atoms with Crippen LogP contribution in [0, 0.1) is 11.8 Å². The van der Waals surface area contributed by atoms with Crippen molar-refractivity contribution in [1.29, 1.82) is 0 Å². The standard InChI is InChI=1S/C10H18N2O6S/c1-6(2)18-10(15)11-19(16,17)12-4-8(5-12)7(3)9(13)14/h6-8H,4-5H2,1-3H3,(H,11,15)(H,13,14). The fraction of sp³-hybridized carbons (Fsp3) is 0.800. The predicted octanol–water partition coefficient (Wildman–Crippen LogP) is 0.0183. The molecule has 9 heteroatoms. The van der Waals surface area contributed by atoms with Crippen LogP contribution in [0.1, 0.15) is 20.8 Å². The molecule has 0 spiro atoms. The van der Waals surface area contributed by atoms with Crippen molar-refractivity contribution in [2.45, 2.75) is 26.9 Å². The molecule has 0 saturated carbocycles. The summed E-state index contributed by atoms with van der Waals surface area (Å²) in [7, 11) is -3.94. The second-order valence-electron chi connectivity index (χ2n) is 4.77. The molecule has 1 rings (SSSR count). The highest BCUT2D eigenvalue weighted by atomic mass is 32.2. The molecule has 1 aliphatic heterocycles. The number of aliphatic carboxylic acids is 1. The van der Waals surface area contributed by atoms with Gasteiger partial charge in [0.05, 0.1) is 12.0 Å². The van der Waals surface area contributed by atoms with Crippen molar-refractivity contribution in [3.05, 3.63) is 0 Å². The molecule has 1 atom stereocenters. The van der Waals surface area contributed by atoms with Gasteiger partial charge in [0, 0.05) is 13.1 Å². The summed E-state index contributed by atoms with van der Waals surface area (Å²) in [6.45, 7) is 4.88. The minimum absolute atomic E-state index is 0.0811.